The van der Waals surface area contributed by atoms with Crippen LogP contribution in [-0.4, -0.2) is 9.97 Å². The first-order valence-corrected chi connectivity index (χ1v) is 6.55. The van der Waals surface area contributed by atoms with E-state index in [-0.39, 0.29) is 0 Å². The molecule has 18 heavy (non-hydrogen) atoms. The first kappa shape index (κ1) is 13.0. The monoisotopic (exact) mass is 321 g/mol. The van der Waals surface area contributed by atoms with Crippen LogP contribution < -0.4 is 11.1 Å². The van der Waals surface area contributed by atoms with Gasteiger partial charge in [-0.05, 0) is 36.8 Å². The fourth-order valence-corrected chi connectivity index (χ4v) is 2.00. The molecule has 0 fully saturated rings. The Morgan fingerprint density at radius 1 is 1.33 bits per heavy atom. The molecule has 1 aromatic heterocycles. The molecule has 0 atom stereocenters. The van der Waals surface area contributed by atoms with Crippen molar-refractivity contribution >= 4 is 44.5 Å². The van der Waals surface area contributed by atoms with E-state index in [2.05, 4.69) is 26.2 Å². The number of aryl methyl sites for hydroxylation is 1. The number of aromatic nitrogens is 1. The van der Waals surface area contributed by atoms with E-state index < -0.39 is 0 Å². The van der Waals surface area contributed by atoms with E-state index >= 15 is 0 Å². The molecule has 0 unspecified atom stereocenters. The molecule has 2 rings (SSSR count). The van der Waals surface area contributed by atoms with Crippen LogP contribution in [0, 0.1) is 6.92 Å². The first-order chi connectivity index (χ1) is 8.56. The standard InChI is InChI=1S/C13H12BrN3S/c1-8-2-3-9(14)6-11(8)17-10-4-5-16-12(7-10)13(15)18/h2-7H,1H3,(H2,15,18)(H,16,17). The van der Waals surface area contributed by atoms with Crippen molar-refractivity contribution in [2.24, 2.45) is 5.73 Å². The maximum absolute atomic E-state index is 5.56. The number of nitrogens with zero attached hydrogens (tertiary/aromatic N) is 1. The van der Waals surface area contributed by atoms with E-state index in [9.17, 15) is 0 Å². The lowest BCUT2D eigenvalue weighted by Crippen LogP contribution is -2.11. The summed E-state index contributed by atoms with van der Waals surface area (Å²) in [7, 11) is 0. The number of nitrogens with two attached hydrogens (primary N) is 1. The summed E-state index contributed by atoms with van der Waals surface area (Å²) in [4.78, 5) is 4.40. The van der Waals surface area contributed by atoms with E-state index in [4.69, 9.17) is 18.0 Å². The highest BCUT2D eigenvalue weighted by atomic mass is 79.9. The highest BCUT2D eigenvalue weighted by Gasteiger charge is 2.03. The van der Waals surface area contributed by atoms with Crippen molar-refractivity contribution < 1.29 is 0 Å². The fraction of sp³-hybridized carbons (Fsp3) is 0.0769. The molecule has 0 aliphatic carbocycles. The van der Waals surface area contributed by atoms with Crippen molar-refractivity contribution in [3.63, 3.8) is 0 Å². The molecule has 0 spiro atoms. The minimum atomic E-state index is 0.296. The summed E-state index contributed by atoms with van der Waals surface area (Å²) in [5.41, 5.74) is 9.28. The average molecular weight is 322 g/mol. The smallest absolute Gasteiger partial charge is 0.122 e. The number of anilines is 2. The number of nitrogens with one attached hydrogen (secondary N) is 1. The normalized spacial score (nSPS) is 10.1. The van der Waals surface area contributed by atoms with Gasteiger partial charge in [-0.15, -0.1) is 0 Å². The van der Waals surface area contributed by atoms with Gasteiger partial charge >= 0.3 is 0 Å². The maximum atomic E-state index is 5.56. The number of rotatable bonds is 3. The summed E-state index contributed by atoms with van der Waals surface area (Å²) in [5, 5.41) is 3.32. The summed E-state index contributed by atoms with van der Waals surface area (Å²) in [6.07, 6.45) is 1.68. The van der Waals surface area contributed by atoms with E-state index in [1.165, 1.54) is 0 Å². The average Bonchev–Trinajstić information content (AvgIpc) is 2.34. The summed E-state index contributed by atoms with van der Waals surface area (Å²) >= 11 is 8.37. The van der Waals surface area contributed by atoms with E-state index in [0.29, 0.717) is 10.7 Å². The Morgan fingerprint density at radius 3 is 2.83 bits per heavy atom. The molecule has 0 bridgehead atoms. The van der Waals surface area contributed by atoms with Gasteiger partial charge in [0.25, 0.3) is 0 Å². The van der Waals surface area contributed by atoms with E-state index in [1.54, 1.807) is 6.20 Å². The molecule has 2 aromatic rings. The highest BCUT2D eigenvalue weighted by Crippen LogP contribution is 2.24. The van der Waals surface area contributed by atoms with Gasteiger partial charge in [0.2, 0.25) is 0 Å². The Morgan fingerprint density at radius 2 is 2.11 bits per heavy atom. The van der Waals surface area contributed by atoms with Gasteiger partial charge in [-0.3, -0.25) is 4.98 Å². The Bertz CT molecular complexity index is 599. The molecule has 0 saturated carbocycles. The zero-order chi connectivity index (χ0) is 13.1. The zero-order valence-electron chi connectivity index (χ0n) is 9.77. The third-order valence-electron chi connectivity index (χ3n) is 2.49. The Labute approximate surface area is 120 Å². The molecule has 5 heteroatoms. The van der Waals surface area contributed by atoms with E-state index in [0.717, 1.165) is 21.4 Å². The van der Waals surface area contributed by atoms with E-state index in [1.807, 2.05) is 37.3 Å². The number of halogens is 1. The minimum absolute atomic E-state index is 0.296. The van der Waals surface area contributed by atoms with Gasteiger partial charge in [0.15, 0.2) is 0 Å². The molecule has 0 amide bonds. The molecule has 0 saturated heterocycles. The number of thiocarbonyl (C=S) groups is 1. The van der Waals surface area contributed by atoms with Crippen LogP contribution in [0.3, 0.4) is 0 Å². The summed E-state index contributed by atoms with van der Waals surface area (Å²) < 4.78 is 1.03. The van der Waals surface area contributed by atoms with Crippen LogP contribution in [0.25, 0.3) is 0 Å². The van der Waals surface area contributed by atoms with Gasteiger partial charge in [-0.1, -0.05) is 34.2 Å². The van der Waals surface area contributed by atoms with Crippen molar-refractivity contribution in [2.45, 2.75) is 6.92 Å². The molecule has 0 aliphatic heterocycles. The van der Waals surface area contributed by atoms with Gasteiger partial charge in [0.1, 0.15) is 4.99 Å². The van der Waals surface area contributed by atoms with Crippen LogP contribution in [0.15, 0.2) is 41.0 Å². The minimum Gasteiger partial charge on any atom is -0.388 e. The lowest BCUT2D eigenvalue weighted by atomic mass is 10.2. The van der Waals surface area contributed by atoms with Crippen molar-refractivity contribution in [1.82, 2.24) is 4.98 Å². The summed E-state index contributed by atoms with van der Waals surface area (Å²) in [5.74, 6) is 0. The van der Waals surface area contributed by atoms with Gasteiger partial charge in [-0.2, -0.15) is 0 Å². The molecule has 1 aromatic carbocycles. The van der Waals surface area contributed by atoms with Crippen LogP contribution in [0.2, 0.25) is 0 Å². The van der Waals surface area contributed by atoms with Gasteiger partial charge in [0.05, 0.1) is 5.69 Å². The molecule has 0 radical (unpaired) electrons. The number of pyridine rings is 1. The third kappa shape index (κ3) is 3.05. The van der Waals surface area contributed by atoms with Gasteiger partial charge < -0.3 is 11.1 Å². The molecule has 0 aliphatic rings. The molecule has 3 N–H and O–H groups in total. The number of benzene rings is 1. The molecule has 3 nitrogen and oxygen atoms in total. The Kier molecular flexibility index (Phi) is 3.93. The second-order valence-electron chi connectivity index (χ2n) is 3.88. The topological polar surface area (TPSA) is 50.9 Å². The quantitative estimate of drug-likeness (QED) is 0.849. The lowest BCUT2D eigenvalue weighted by molar-refractivity contribution is 1.29. The largest absolute Gasteiger partial charge is 0.388 e. The fourth-order valence-electron chi connectivity index (χ4n) is 1.53. The molecule has 1 heterocycles. The molecular formula is C13H12BrN3S. The lowest BCUT2D eigenvalue weighted by Gasteiger charge is -2.10. The molecular weight excluding hydrogens is 310 g/mol. The van der Waals surface area contributed by atoms with Crippen LogP contribution in [0.5, 0.6) is 0 Å². The van der Waals surface area contributed by atoms with Crippen molar-refractivity contribution in [3.05, 3.63) is 52.3 Å². The third-order valence-corrected chi connectivity index (χ3v) is 3.19. The first-order valence-electron chi connectivity index (χ1n) is 5.35. The predicted molar refractivity (Wildman–Crippen MR) is 82.3 cm³/mol. The van der Waals surface area contributed by atoms with Crippen LogP contribution in [-0.2, 0) is 0 Å². The zero-order valence-corrected chi connectivity index (χ0v) is 12.2. The summed E-state index contributed by atoms with van der Waals surface area (Å²) in [6, 6.07) is 9.79. The Balaban J connectivity index is 2.31. The highest BCUT2D eigenvalue weighted by molar-refractivity contribution is 9.10. The van der Waals surface area contributed by atoms with Crippen LogP contribution >= 0.6 is 28.1 Å². The molecule has 92 valence electrons. The number of hydrogen-bond acceptors (Lipinski definition) is 3. The van der Waals surface area contributed by atoms with Crippen molar-refractivity contribution in [2.75, 3.05) is 5.32 Å². The van der Waals surface area contributed by atoms with Crippen LogP contribution in [0.4, 0.5) is 11.4 Å². The SMILES string of the molecule is Cc1ccc(Br)cc1Nc1ccnc(C(N)=S)c1. The second kappa shape index (κ2) is 5.46. The predicted octanol–water partition coefficient (Wildman–Crippen LogP) is 3.53. The van der Waals surface area contributed by atoms with Gasteiger partial charge in [0, 0.05) is 22.0 Å². The number of hydrogen-bond donors (Lipinski definition) is 2. The Hall–Kier alpha value is -1.46. The maximum Gasteiger partial charge on any atom is 0.122 e. The van der Waals surface area contributed by atoms with Crippen molar-refractivity contribution in [1.29, 1.82) is 0 Å². The van der Waals surface area contributed by atoms with Gasteiger partial charge in [-0.25, -0.2) is 0 Å². The second-order valence-corrected chi connectivity index (χ2v) is 5.23. The summed E-state index contributed by atoms with van der Waals surface area (Å²) in [6.45, 7) is 2.05. The van der Waals surface area contributed by atoms with Crippen LogP contribution in [0.1, 0.15) is 11.3 Å². The van der Waals surface area contributed by atoms with Crippen molar-refractivity contribution in [3.8, 4) is 0 Å².